The second-order valence-corrected chi connectivity index (χ2v) is 16.8. The van der Waals surface area contributed by atoms with E-state index in [4.69, 9.17) is 23.2 Å². The summed E-state index contributed by atoms with van der Waals surface area (Å²) < 4.78 is 22.2. The summed E-state index contributed by atoms with van der Waals surface area (Å²) >= 11 is 0. The fraction of sp³-hybridized carbons (Fsp3) is 0.0345. The highest BCUT2D eigenvalue weighted by Gasteiger charge is 2.31. The Bertz CT molecular complexity index is 4060. The number of hydrogen-bond acceptors (Lipinski definition) is 5. The molecule has 5 heterocycles. The van der Waals surface area contributed by atoms with Crippen molar-refractivity contribution in [1.29, 1.82) is 0 Å². The zero-order valence-electron chi connectivity index (χ0n) is 34.3. The quantitative estimate of drug-likeness (QED) is 0.173. The molecule has 0 spiro atoms. The average Bonchev–Trinajstić information content (AvgIpc) is 4.12. The lowest BCUT2D eigenvalue weighted by Gasteiger charge is -2.18. The van der Waals surface area contributed by atoms with Gasteiger partial charge in [0.1, 0.15) is 45.1 Å². The summed E-state index contributed by atoms with van der Waals surface area (Å²) in [6.07, 6.45) is 5.00. The molecule has 0 radical (unpaired) electrons. The Labute approximate surface area is 365 Å². The zero-order chi connectivity index (χ0) is 41.9. The predicted octanol–water partition coefficient (Wildman–Crippen LogP) is 15.7. The summed E-state index contributed by atoms with van der Waals surface area (Å²) in [6.45, 7) is 0. The van der Waals surface area contributed by atoms with Crippen molar-refractivity contribution in [2.45, 2.75) is 12.3 Å². The smallest absolute Gasteiger partial charge is 0.180 e. The van der Waals surface area contributed by atoms with Crippen LogP contribution >= 0.6 is 0 Å². The lowest BCUT2D eigenvalue weighted by Crippen LogP contribution is -2.09. The molecule has 64 heavy (non-hydrogen) atoms. The highest BCUT2D eigenvalue weighted by Crippen LogP contribution is 2.46. The topological polar surface area (TPSA) is 70.1 Å². The van der Waals surface area contributed by atoms with Gasteiger partial charge in [-0.15, -0.1) is 0 Å². The van der Waals surface area contributed by atoms with Crippen LogP contribution in [0.5, 0.6) is 0 Å². The summed E-state index contributed by atoms with van der Waals surface area (Å²) in [6, 6.07) is 63.8. The highest BCUT2D eigenvalue weighted by atomic mass is 16.3. The first kappa shape index (κ1) is 35.2. The van der Waals surface area contributed by atoms with E-state index in [0.717, 1.165) is 99.9 Å². The summed E-state index contributed by atoms with van der Waals surface area (Å²) in [5, 5.41) is 6.47. The van der Waals surface area contributed by atoms with Crippen LogP contribution in [0.3, 0.4) is 0 Å². The van der Waals surface area contributed by atoms with Crippen LogP contribution in [0.1, 0.15) is 29.5 Å². The molecular weight excluding hydrogens is 787 g/mol. The minimum atomic E-state index is -0.187. The number of allylic oxidation sites excluding steroid dienone is 1. The van der Waals surface area contributed by atoms with Crippen LogP contribution in [0.2, 0.25) is 0 Å². The van der Waals surface area contributed by atoms with Crippen molar-refractivity contribution in [2.75, 3.05) is 0 Å². The minimum Gasteiger partial charge on any atom is -0.456 e. The third-order valence-electron chi connectivity index (χ3n) is 13.2. The molecule has 1 aliphatic carbocycles. The summed E-state index contributed by atoms with van der Waals surface area (Å²) in [5.41, 5.74) is 15.4. The molecule has 13 aromatic rings. The van der Waals surface area contributed by atoms with Gasteiger partial charge < -0.3 is 17.8 Å². The minimum absolute atomic E-state index is 0.187. The molecule has 0 N–H and O–H groups in total. The van der Waals surface area contributed by atoms with E-state index in [1.807, 2.05) is 30.3 Å². The lowest BCUT2D eigenvalue weighted by atomic mass is 9.87. The van der Waals surface area contributed by atoms with Gasteiger partial charge in [0, 0.05) is 49.1 Å². The molecule has 1 unspecified atom stereocenters. The zero-order valence-corrected chi connectivity index (χ0v) is 34.3. The monoisotopic (exact) mass is 821 g/mol. The molecule has 5 aromatic heterocycles. The van der Waals surface area contributed by atoms with Crippen molar-refractivity contribution < 1.29 is 13.3 Å². The lowest BCUT2D eigenvalue weighted by molar-refractivity contribution is 0.586. The number of para-hydroxylation sites is 3. The van der Waals surface area contributed by atoms with Crippen LogP contribution in [0.4, 0.5) is 0 Å². The Morgan fingerprint density at radius 3 is 1.98 bits per heavy atom. The van der Waals surface area contributed by atoms with E-state index in [2.05, 4.69) is 168 Å². The molecule has 8 aromatic carbocycles. The van der Waals surface area contributed by atoms with E-state index < -0.39 is 0 Å². The van der Waals surface area contributed by atoms with Gasteiger partial charge in [-0.2, -0.15) is 0 Å². The predicted molar refractivity (Wildman–Crippen MR) is 259 cm³/mol. The van der Waals surface area contributed by atoms with Gasteiger partial charge in [-0.25, -0.2) is 9.97 Å². The molecule has 0 fully saturated rings. The molecule has 6 heteroatoms. The fourth-order valence-corrected chi connectivity index (χ4v) is 10.3. The number of hydrogen-bond donors (Lipinski definition) is 0. The average molecular weight is 822 g/mol. The van der Waals surface area contributed by atoms with Crippen LogP contribution in [-0.4, -0.2) is 14.5 Å². The van der Waals surface area contributed by atoms with Gasteiger partial charge in [0.25, 0.3) is 0 Å². The Morgan fingerprint density at radius 1 is 0.469 bits per heavy atom. The normalized spacial score (nSPS) is 14.0. The molecule has 0 saturated carbocycles. The second kappa shape index (κ2) is 13.5. The van der Waals surface area contributed by atoms with Crippen LogP contribution < -0.4 is 0 Å². The first-order valence-corrected chi connectivity index (χ1v) is 21.7. The van der Waals surface area contributed by atoms with Gasteiger partial charge in [0.2, 0.25) is 0 Å². The van der Waals surface area contributed by atoms with Gasteiger partial charge in [-0.05, 0) is 101 Å². The second-order valence-electron chi connectivity index (χ2n) is 16.8. The van der Waals surface area contributed by atoms with Crippen LogP contribution in [0.25, 0.3) is 122 Å². The maximum Gasteiger partial charge on any atom is 0.180 e. The van der Waals surface area contributed by atoms with Crippen molar-refractivity contribution in [3.63, 3.8) is 0 Å². The van der Waals surface area contributed by atoms with Gasteiger partial charge in [-0.3, -0.25) is 0 Å². The van der Waals surface area contributed by atoms with E-state index in [1.54, 1.807) is 0 Å². The van der Waals surface area contributed by atoms with E-state index in [9.17, 15) is 0 Å². The number of furan rings is 3. The largest absolute Gasteiger partial charge is 0.456 e. The molecule has 6 nitrogen and oxygen atoms in total. The SMILES string of the molecule is C1=Cc2oc3ccc(-c4ccc5c(c4)c4ccccc4n5-c4ccccc4)cc3c2C(c2nc(-c3cccc4oc5ccccc5c34)c3oc4ccc(-c5ccccc5)cc4c3n2)C1. The van der Waals surface area contributed by atoms with Crippen molar-refractivity contribution in [3.8, 4) is 39.2 Å². The molecule has 1 atom stereocenters. The Hall–Kier alpha value is -8.48. The van der Waals surface area contributed by atoms with Crippen molar-refractivity contribution in [1.82, 2.24) is 14.5 Å². The van der Waals surface area contributed by atoms with Crippen molar-refractivity contribution >= 4 is 82.9 Å². The third-order valence-corrected chi connectivity index (χ3v) is 13.2. The van der Waals surface area contributed by atoms with Crippen LogP contribution in [-0.2, 0) is 0 Å². The first-order valence-electron chi connectivity index (χ1n) is 21.7. The van der Waals surface area contributed by atoms with E-state index >= 15 is 0 Å². The molecule has 0 amide bonds. The summed E-state index contributed by atoms with van der Waals surface area (Å²) in [7, 11) is 0. The maximum atomic E-state index is 6.79. The number of aromatic nitrogens is 3. The fourth-order valence-electron chi connectivity index (χ4n) is 10.3. The van der Waals surface area contributed by atoms with E-state index in [0.29, 0.717) is 17.8 Å². The third kappa shape index (κ3) is 5.20. The number of benzene rings is 8. The number of nitrogens with zero attached hydrogens (tertiary/aromatic N) is 3. The molecule has 1 aliphatic rings. The van der Waals surface area contributed by atoms with Crippen LogP contribution in [0.15, 0.2) is 201 Å². The number of rotatable bonds is 5. The Kier molecular flexibility index (Phi) is 7.42. The molecule has 300 valence electrons. The Morgan fingerprint density at radius 2 is 1.12 bits per heavy atom. The maximum absolute atomic E-state index is 6.79. The van der Waals surface area contributed by atoms with Gasteiger partial charge in [0.15, 0.2) is 5.58 Å². The molecular formula is C58H35N3O3. The van der Waals surface area contributed by atoms with Gasteiger partial charge in [0.05, 0.1) is 17.0 Å². The highest BCUT2D eigenvalue weighted by molar-refractivity contribution is 6.16. The number of fused-ring (bicyclic) bond motifs is 12. The molecule has 14 rings (SSSR count). The summed E-state index contributed by atoms with van der Waals surface area (Å²) in [4.78, 5) is 11.0. The summed E-state index contributed by atoms with van der Waals surface area (Å²) in [5.74, 6) is 1.36. The van der Waals surface area contributed by atoms with Gasteiger partial charge >= 0.3 is 0 Å². The molecule has 0 aliphatic heterocycles. The standard InChI is InChI=1S/C58H35N3O3/c1-3-13-34(14-4-1)35-26-30-50-45(33-35)56-57(64-50)55(41-19-11-23-51-53(41)40-18-8-10-22-48(40)62-51)59-58(60-56)42-20-12-24-52-54(42)44-32-37(27-29-49(44)63-52)36-25-28-47-43(31-36)39-17-7-9-21-46(39)61(47)38-15-5-2-6-16-38/h1-19,21-33,42H,20H2. The van der Waals surface area contributed by atoms with Crippen molar-refractivity contribution in [2.24, 2.45) is 0 Å². The first-order chi connectivity index (χ1) is 31.7. The Balaban J connectivity index is 0.973. The molecule has 0 bridgehead atoms. The molecule has 0 saturated heterocycles. The van der Waals surface area contributed by atoms with Crippen molar-refractivity contribution in [3.05, 3.63) is 205 Å². The van der Waals surface area contributed by atoms with E-state index in [1.165, 1.54) is 21.8 Å². The van der Waals surface area contributed by atoms with Crippen LogP contribution in [0, 0.1) is 0 Å². The van der Waals surface area contributed by atoms with E-state index in [-0.39, 0.29) is 5.92 Å². The van der Waals surface area contributed by atoms with Gasteiger partial charge in [-0.1, -0.05) is 121 Å².